The van der Waals surface area contributed by atoms with E-state index < -0.39 is 0 Å². The summed E-state index contributed by atoms with van der Waals surface area (Å²) in [5.41, 5.74) is 2.84. The molecule has 1 aliphatic carbocycles. The maximum atomic E-state index is 11.3. The van der Waals surface area contributed by atoms with Gasteiger partial charge in [-0.1, -0.05) is 25.3 Å². The molecule has 2 aromatic rings. The third-order valence-corrected chi connectivity index (χ3v) is 4.91. The van der Waals surface area contributed by atoms with Crippen molar-refractivity contribution >= 4 is 11.0 Å². The predicted molar refractivity (Wildman–Crippen MR) is 86.5 cm³/mol. The first kappa shape index (κ1) is 14.4. The van der Waals surface area contributed by atoms with Crippen molar-refractivity contribution in [2.75, 3.05) is 0 Å². The van der Waals surface area contributed by atoms with Crippen LogP contribution in [-0.4, -0.2) is 16.0 Å². The van der Waals surface area contributed by atoms with E-state index in [0.717, 1.165) is 17.0 Å². The van der Waals surface area contributed by atoms with Gasteiger partial charge < -0.3 is 15.3 Å². The number of aromatic nitrogens is 2. The molecule has 2 atom stereocenters. The smallest absolute Gasteiger partial charge is 0.307 e. The van der Waals surface area contributed by atoms with Gasteiger partial charge in [-0.3, -0.25) is 0 Å². The number of aromatic amines is 2. The molecule has 0 bridgehead atoms. The van der Waals surface area contributed by atoms with Gasteiger partial charge in [0.05, 0.1) is 11.0 Å². The van der Waals surface area contributed by atoms with E-state index in [1.165, 1.54) is 37.7 Å². The molecule has 3 rings (SSSR count). The van der Waals surface area contributed by atoms with E-state index in [1.54, 1.807) is 0 Å². The second-order valence-electron chi connectivity index (χ2n) is 6.46. The molecule has 0 amide bonds. The molecule has 0 saturated heterocycles. The van der Waals surface area contributed by atoms with Crippen molar-refractivity contribution in [3.8, 4) is 0 Å². The van der Waals surface area contributed by atoms with E-state index in [-0.39, 0.29) is 5.69 Å². The minimum atomic E-state index is -0.140. The first-order chi connectivity index (χ1) is 10.1. The number of imidazole rings is 1. The van der Waals surface area contributed by atoms with Gasteiger partial charge in [0.15, 0.2) is 0 Å². The van der Waals surface area contributed by atoms with Gasteiger partial charge in [0.1, 0.15) is 0 Å². The van der Waals surface area contributed by atoms with E-state index in [0.29, 0.717) is 12.1 Å². The monoisotopic (exact) mass is 287 g/mol. The second kappa shape index (κ2) is 6.06. The Hall–Kier alpha value is -1.55. The van der Waals surface area contributed by atoms with E-state index in [1.807, 2.05) is 6.07 Å². The lowest BCUT2D eigenvalue weighted by atomic mass is 9.84. The minimum Gasteiger partial charge on any atom is -0.307 e. The van der Waals surface area contributed by atoms with Crippen molar-refractivity contribution in [3.05, 3.63) is 34.2 Å². The van der Waals surface area contributed by atoms with Gasteiger partial charge in [-0.05, 0) is 50.3 Å². The van der Waals surface area contributed by atoms with Crippen molar-refractivity contribution in [3.63, 3.8) is 0 Å². The molecule has 1 aromatic heterocycles. The Labute approximate surface area is 125 Å². The summed E-state index contributed by atoms with van der Waals surface area (Å²) in [6.07, 6.45) is 6.86. The van der Waals surface area contributed by atoms with Crippen LogP contribution in [0.4, 0.5) is 0 Å². The standard InChI is InChI=1S/C17H25N3O/c1-11(13-6-4-3-5-7-13)18-12(2)14-8-9-15-16(10-14)20-17(21)19-15/h8-13,18H,3-7H2,1-2H3,(H2,19,20,21)/t11-,12?/m1/s1. The van der Waals surface area contributed by atoms with Gasteiger partial charge >= 0.3 is 5.69 Å². The van der Waals surface area contributed by atoms with Crippen LogP contribution in [0.3, 0.4) is 0 Å². The Morgan fingerprint density at radius 2 is 1.81 bits per heavy atom. The van der Waals surface area contributed by atoms with Gasteiger partial charge in [-0.2, -0.15) is 0 Å². The molecule has 4 heteroatoms. The lowest BCUT2D eigenvalue weighted by molar-refractivity contribution is 0.268. The van der Waals surface area contributed by atoms with E-state index in [2.05, 4.69) is 41.3 Å². The highest BCUT2D eigenvalue weighted by molar-refractivity contribution is 5.75. The summed E-state index contributed by atoms with van der Waals surface area (Å²) in [7, 11) is 0. The summed E-state index contributed by atoms with van der Waals surface area (Å²) in [6.45, 7) is 4.51. The summed E-state index contributed by atoms with van der Waals surface area (Å²) in [5.74, 6) is 0.803. The average molecular weight is 287 g/mol. The van der Waals surface area contributed by atoms with Gasteiger partial charge in [0, 0.05) is 12.1 Å². The number of nitrogens with one attached hydrogen (secondary N) is 3. The number of H-pyrrole nitrogens is 2. The molecule has 1 aliphatic rings. The minimum absolute atomic E-state index is 0.140. The fraction of sp³-hybridized carbons (Fsp3) is 0.588. The molecule has 1 saturated carbocycles. The Morgan fingerprint density at radius 1 is 1.10 bits per heavy atom. The first-order valence-electron chi connectivity index (χ1n) is 8.11. The van der Waals surface area contributed by atoms with Crippen LogP contribution in [0.15, 0.2) is 23.0 Å². The van der Waals surface area contributed by atoms with Gasteiger partial charge in [0.25, 0.3) is 0 Å². The normalized spacial score (nSPS) is 19.7. The van der Waals surface area contributed by atoms with Crippen molar-refractivity contribution in [1.29, 1.82) is 0 Å². The molecule has 1 heterocycles. The second-order valence-corrected chi connectivity index (χ2v) is 6.46. The maximum absolute atomic E-state index is 11.3. The third-order valence-electron chi connectivity index (χ3n) is 4.91. The van der Waals surface area contributed by atoms with Crippen LogP contribution in [-0.2, 0) is 0 Å². The topological polar surface area (TPSA) is 60.7 Å². The fourth-order valence-corrected chi connectivity index (χ4v) is 3.58. The number of fused-ring (bicyclic) bond motifs is 1. The van der Waals surface area contributed by atoms with Crippen LogP contribution in [0, 0.1) is 5.92 Å². The van der Waals surface area contributed by atoms with Crippen molar-refractivity contribution in [2.24, 2.45) is 5.92 Å². The summed E-state index contributed by atoms with van der Waals surface area (Å²) >= 11 is 0. The molecule has 0 aliphatic heterocycles. The number of hydrogen-bond donors (Lipinski definition) is 3. The van der Waals surface area contributed by atoms with E-state index >= 15 is 0 Å². The van der Waals surface area contributed by atoms with Gasteiger partial charge in [-0.15, -0.1) is 0 Å². The molecule has 4 nitrogen and oxygen atoms in total. The number of hydrogen-bond acceptors (Lipinski definition) is 2. The van der Waals surface area contributed by atoms with Gasteiger partial charge in [0.2, 0.25) is 0 Å². The first-order valence-corrected chi connectivity index (χ1v) is 8.11. The Morgan fingerprint density at radius 3 is 2.57 bits per heavy atom. The Bertz CT molecular complexity index is 651. The predicted octanol–water partition coefficient (Wildman–Crippen LogP) is 3.48. The highest BCUT2D eigenvalue weighted by Gasteiger charge is 2.21. The molecule has 21 heavy (non-hydrogen) atoms. The maximum Gasteiger partial charge on any atom is 0.323 e. The Kier molecular flexibility index (Phi) is 4.15. The van der Waals surface area contributed by atoms with Gasteiger partial charge in [-0.25, -0.2) is 4.79 Å². The van der Waals surface area contributed by atoms with E-state index in [4.69, 9.17) is 0 Å². The quantitative estimate of drug-likeness (QED) is 0.806. The SMILES string of the molecule is CC(N[C@H](C)C1CCCCC1)c1ccc2[nH]c(=O)[nH]c2c1. The summed E-state index contributed by atoms with van der Waals surface area (Å²) in [6, 6.07) is 6.98. The molecular weight excluding hydrogens is 262 g/mol. The van der Waals surface area contributed by atoms with E-state index in [9.17, 15) is 4.79 Å². The summed E-state index contributed by atoms with van der Waals surface area (Å²) < 4.78 is 0. The van der Waals surface area contributed by atoms with Crippen LogP contribution in [0.5, 0.6) is 0 Å². The van der Waals surface area contributed by atoms with Crippen molar-refractivity contribution in [1.82, 2.24) is 15.3 Å². The molecule has 3 N–H and O–H groups in total. The third kappa shape index (κ3) is 3.21. The fourth-order valence-electron chi connectivity index (χ4n) is 3.58. The van der Waals surface area contributed by atoms with Crippen LogP contribution in [0.25, 0.3) is 11.0 Å². The largest absolute Gasteiger partial charge is 0.323 e. The van der Waals surface area contributed by atoms with Crippen LogP contribution in [0.1, 0.15) is 57.6 Å². The lowest BCUT2D eigenvalue weighted by Gasteiger charge is -2.30. The van der Waals surface area contributed by atoms with Crippen molar-refractivity contribution < 1.29 is 0 Å². The van der Waals surface area contributed by atoms with Crippen molar-refractivity contribution in [2.45, 2.75) is 58.0 Å². The summed E-state index contributed by atoms with van der Waals surface area (Å²) in [5, 5.41) is 3.74. The molecule has 0 spiro atoms. The number of benzene rings is 1. The zero-order chi connectivity index (χ0) is 14.8. The Balaban J connectivity index is 1.70. The highest BCUT2D eigenvalue weighted by Crippen LogP contribution is 2.28. The lowest BCUT2D eigenvalue weighted by Crippen LogP contribution is -2.36. The molecular formula is C17H25N3O. The highest BCUT2D eigenvalue weighted by atomic mass is 16.1. The summed E-state index contributed by atoms with van der Waals surface area (Å²) in [4.78, 5) is 16.9. The zero-order valence-electron chi connectivity index (χ0n) is 12.9. The molecule has 1 aromatic carbocycles. The average Bonchev–Trinajstić information content (AvgIpc) is 2.87. The van der Waals surface area contributed by atoms with Crippen LogP contribution in [0.2, 0.25) is 0 Å². The molecule has 1 fully saturated rings. The van der Waals surface area contributed by atoms with Crippen LogP contribution < -0.4 is 11.0 Å². The molecule has 114 valence electrons. The zero-order valence-corrected chi connectivity index (χ0v) is 12.9. The molecule has 0 radical (unpaired) electrons. The number of rotatable bonds is 4. The molecule has 1 unspecified atom stereocenters. The van der Waals surface area contributed by atoms with Crippen LogP contribution >= 0.6 is 0 Å².